The van der Waals surface area contributed by atoms with Crippen LogP contribution in [0.4, 0.5) is 5.69 Å². The van der Waals surface area contributed by atoms with Crippen LogP contribution in [-0.2, 0) is 0 Å². The van der Waals surface area contributed by atoms with Gasteiger partial charge in [0.2, 0.25) is 0 Å². The van der Waals surface area contributed by atoms with Crippen molar-refractivity contribution in [1.29, 1.82) is 0 Å². The number of benzene rings is 2. The Balaban J connectivity index is 1.75. The van der Waals surface area contributed by atoms with Crippen molar-refractivity contribution in [2.45, 2.75) is 12.5 Å². The highest BCUT2D eigenvalue weighted by Gasteiger charge is 2.30. The quantitative estimate of drug-likeness (QED) is 0.627. The lowest BCUT2D eigenvalue weighted by molar-refractivity contribution is 0.709. The third-order valence-corrected chi connectivity index (χ3v) is 4.68. The van der Waals surface area contributed by atoms with Crippen molar-refractivity contribution in [3.8, 4) is 0 Å². The molecule has 0 N–H and O–H groups in total. The third-order valence-electron chi connectivity index (χ3n) is 4.15. The Morgan fingerprint density at radius 2 is 1.62 bits per heavy atom. The molecule has 3 aromatic rings. The fraction of sp³-hybridized carbons (Fsp3) is 0.100. The lowest BCUT2D eigenvalue weighted by atomic mass is 10.00. The van der Waals surface area contributed by atoms with Gasteiger partial charge in [-0.05, 0) is 42.0 Å². The summed E-state index contributed by atoms with van der Waals surface area (Å²) >= 11 is 3.50. The van der Waals surface area contributed by atoms with E-state index in [0.717, 1.165) is 28.0 Å². The fourth-order valence-electron chi connectivity index (χ4n) is 2.97. The molecular weight excluding hydrogens is 362 g/mol. The molecule has 0 aliphatic carbocycles. The summed E-state index contributed by atoms with van der Waals surface area (Å²) in [5, 5.41) is 6.99. The van der Waals surface area contributed by atoms with E-state index < -0.39 is 0 Å². The molecule has 0 fully saturated rings. The van der Waals surface area contributed by atoms with Gasteiger partial charge in [-0.25, -0.2) is 0 Å². The van der Waals surface area contributed by atoms with Gasteiger partial charge in [0.05, 0.1) is 23.1 Å². The molecule has 0 unspecified atom stereocenters. The van der Waals surface area contributed by atoms with Crippen molar-refractivity contribution in [2.75, 3.05) is 5.01 Å². The predicted octanol–water partition coefficient (Wildman–Crippen LogP) is 5.20. The maximum Gasteiger partial charge on any atom is 0.0890 e. The van der Waals surface area contributed by atoms with E-state index in [1.54, 1.807) is 0 Å². The summed E-state index contributed by atoms with van der Waals surface area (Å²) in [5.74, 6) is 0. The fourth-order valence-corrected chi connectivity index (χ4v) is 3.23. The second-order valence-electron chi connectivity index (χ2n) is 5.71. The molecule has 0 saturated carbocycles. The van der Waals surface area contributed by atoms with Gasteiger partial charge in [0.1, 0.15) is 0 Å². The molecule has 0 spiro atoms. The van der Waals surface area contributed by atoms with Crippen LogP contribution in [0.15, 0.2) is 88.6 Å². The molecule has 2 aromatic carbocycles. The monoisotopic (exact) mass is 377 g/mol. The molecule has 24 heavy (non-hydrogen) atoms. The minimum atomic E-state index is 0.185. The Bertz CT molecular complexity index is 845. The van der Waals surface area contributed by atoms with E-state index in [4.69, 9.17) is 5.10 Å². The maximum atomic E-state index is 4.89. The highest BCUT2D eigenvalue weighted by Crippen LogP contribution is 2.36. The first-order valence-electron chi connectivity index (χ1n) is 7.90. The third kappa shape index (κ3) is 2.97. The van der Waals surface area contributed by atoms with Crippen molar-refractivity contribution < 1.29 is 0 Å². The van der Waals surface area contributed by atoms with Crippen molar-refractivity contribution in [3.63, 3.8) is 0 Å². The molecule has 0 radical (unpaired) electrons. The van der Waals surface area contributed by atoms with Crippen LogP contribution in [0.2, 0.25) is 0 Å². The van der Waals surface area contributed by atoms with Gasteiger partial charge in [0, 0.05) is 17.1 Å². The van der Waals surface area contributed by atoms with Crippen molar-refractivity contribution in [1.82, 2.24) is 4.98 Å². The van der Waals surface area contributed by atoms with Gasteiger partial charge in [0.25, 0.3) is 0 Å². The lowest BCUT2D eigenvalue weighted by Gasteiger charge is -2.24. The summed E-state index contributed by atoms with van der Waals surface area (Å²) in [6.07, 6.45) is 2.66. The number of nitrogens with zero attached hydrogens (tertiary/aromatic N) is 3. The zero-order valence-corrected chi connectivity index (χ0v) is 14.6. The summed E-state index contributed by atoms with van der Waals surface area (Å²) in [4.78, 5) is 4.47. The molecule has 3 nitrogen and oxygen atoms in total. The molecule has 0 amide bonds. The highest BCUT2D eigenvalue weighted by molar-refractivity contribution is 9.10. The van der Waals surface area contributed by atoms with Gasteiger partial charge in [-0.1, -0.05) is 52.3 Å². The van der Waals surface area contributed by atoms with Crippen LogP contribution in [-0.4, -0.2) is 10.7 Å². The molecule has 1 aliphatic heterocycles. The van der Waals surface area contributed by atoms with E-state index in [9.17, 15) is 0 Å². The summed E-state index contributed by atoms with van der Waals surface area (Å²) in [6.45, 7) is 0. The Morgan fingerprint density at radius 3 is 2.33 bits per heavy atom. The molecule has 1 atom stereocenters. The topological polar surface area (TPSA) is 28.5 Å². The highest BCUT2D eigenvalue weighted by atomic mass is 79.9. The number of anilines is 1. The lowest BCUT2D eigenvalue weighted by Crippen LogP contribution is -2.18. The van der Waals surface area contributed by atoms with E-state index in [-0.39, 0.29) is 6.04 Å². The Hall–Kier alpha value is -2.46. The molecule has 0 bridgehead atoms. The number of hydrazone groups is 1. The number of halogens is 1. The van der Waals surface area contributed by atoms with Gasteiger partial charge in [0.15, 0.2) is 0 Å². The first-order chi connectivity index (χ1) is 11.8. The summed E-state index contributed by atoms with van der Waals surface area (Å²) in [5.41, 5.74) is 4.30. The van der Waals surface area contributed by atoms with Crippen LogP contribution in [0.1, 0.15) is 23.7 Å². The normalized spacial score (nSPS) is 17.0. The van der Waals surface area contributed by atoms with Crippen molar-refractivity contribution in [3.05, 3.63) is 94.7 Å². The minimum absolute atomic E-state index is 0.185. The zero-order valence-electron chi connectivity index (χ0n) is 13.0. The van der Waals surface area contributed by atoms with Crippen LogP contribution in [0, 0.1) is 0 Å². The molecule has 4 heteroatoms. The van der Waals surface area contributed by atoms with Crippen molar-refractivity contribution >= 4 is 27.3 Å². The smallest absolute Gasteiger partial charge is 0.0890 e. The van der Waals surface area contributed by atoms with Gasteiger partial charge in [-0.3, -0.25) is 9.99 Å². The number of rotatable bonds is 3. The second-order valence-corrected chi connectivity index (χ2v) is 6.63. The number of pyridine rings is 1. The van der Waals surface area contributed by atoms with Gasteiger partial charge < -0.3 is 0 Å². The molecule has 118 valence electrons. The zero-order chi connectivity index (χ0) is 16.4. The van der Waals surface area contributed by atoms with Crippen molar-refractivity contribution in [2.24, 2.45) is 5.10 Å². The number of hydrogen-bond acceptors (Lipinski definition) is 3. The van der Waals surface area contributed by atoms with E-state index in [1.165, 1.54) is 5.56 Å². The van der Waals surface area contributed by atoms with Crippen LogP contribution < -0.4 is 5.01 Å². The van der Waals surface area contributed by atoms with Crippen LogP contribution in [0.25, 0.3) is 0 Å². The summed E-state index contributed by atoms with van der Waals surface area (Å²) in [7, 11) is 0. The minimum Gasteiger partial charge on any atom is -0.257 e. The molecule has 1 aliphatic rings. The first kappa shape index (κ1) is 15.1. The molecule has 4 rings (SSSR count). The predicted molar refractivity (Wildman–Crippen MR) is 101 cm³/mol. The van der Waals surface area contributed by atoms with Gasteiger partial charge in [-0.2, -0.15) is 5.10 Å². The Kier molecular flexibility index (Phi) is 4.13. The van der Waals surface area contributed by atoms with Gasteiger partial charge >= 0.3 is 0 Å². The Morgan fingerprint density at radius 1 is 0.875 bits per heavy atom. The standard InChI is InChI=1S/C20H16BrN3/c21-16-9-11-17(12-10-16)24-20(15-6-2-1-3-7-15)14-19(23-24)18-8-4-5-13-22-18/h1-13,20H,14H2/t20-/m0/s1. The average molecular weight is 378 g/mol. The van der Waals surface area contributed by atoms with E-state index in [0.29, 0.717) is 0 Å². The average Bonchev–Trinajstić information content (AvgIpc) is 3.09. The first-order valence-corrected chi connectivity index (χ1v) is 8.69. The maximum absolute atomic E-state index is 4.89. The molecule has 1 aromatic heterocycles. The van der Waals surface area contributed by atoms with E-state index >= 15 is 0 Å². The van der Waals surface area contributed by atoms with Crippen LogP contribution in [0.5, 0.6) is 0 Å². The Labute approximate surface area is 149 Å². The molecule has 2 heterocycles. The molecular formula is C20H16BrN3. The van der Waals surface area contributed by atoms with Gasteiger partial charge in [-0.15, -0.1) is 0 Å². The number of aromatic nitrogens is 1. The number of hydrogen-bond donors (Lipinski definition) is 0. The van der Waals surface area contributed by atoms with Crippen LogP contribution >= 0.6 is 15.9 Å². The van der Waals surface area contributed by atoms with E-state index in [1.807, 2.05) is 42.6 Å². The second kappa shape index (κ2) is 6.57. The summed E-state index contributed by atoms with van der Waals surface area (Å²) < 4.78 is 1.07. The van der Waals surface area contributed by atoms with E-state index in [2.05, 4.69) is 62.3 Å². The SMILES string of the molecule is Brc1ccc(N2N=C(c3ccccn3)C[C@H]2c2ccccc2)cc1. The molecule has 0 saturated heterocycles. The van der Waals surface area contributed by atoms with Crippen LogP contribution in [0.3, 0.4) is 0 Å². The summed E-state index contributed by atoms with van der Waals surface area (Å²) in [6, 6.07) is 24.9. The largest absolute Gasteiger partial charge is 0.257 e.